The number of rotatable bonds is 3. The third-order valence-electron chi connectivity index (χ3n) is 4.05. The van der Waals surface area contributed by atoms with Crippen molar-refractivity contribution in [2.24, 2.45) is 0 Å². The van der Waals surface area contributed by atoms with E-state index in [1.807, 2.05) is 30.0 Å². The molecule has 0 N–H and O–H groups in total. The first-order valence-corrected chi connectivity index (χ1v) is 7.54. The van der Waals surface area contributed by atoms with Crippen molar-refractivity contribution in [1.29, 1.82) is 0 Å². The molecule has 22 heavy (non-hydrogen) atoms. The lowest BCUT2D eigenvalue weighted by Crippen LogP contribution is -2.44. The third-order valence-corrected chi connectivity index (χ3v) is 4.05. The summed E-state index contributed by atoms with van der Waals surface area (Å²) in [6.45, 7) is 2.73. The van der Waals surface area contributed by atoms with Gasteiger partial charge in [0, 0.05) is 12.6 Å². The number of carbonyl (C=O) groups is 1. The monoisotopic (exact) mass is 301 g/mol. The lowest BCUT2D eigenvalue weighted by Gasteiger charge is -2.33. The Labute approximate surface area is 128 Å². The van der Waals surface area contributed by atoms with Crippen LogP contribution in [0.2, 0.25) is 0 Å². The predicted molar refractivity (Wildman–Crippen MR) is 80.6 cm³/mol. The van der Waals surface area contributed by atoms with E-state index >= 15 is 0 Å². The smallest absolute Gasteiger partial charge is 0.338 e. The van der Waals surface area contributed by atoms with Crippen LogP contribution in [0.15, 0.2) is 35.1 Å². The Kier molecular flexibility index (Phi) is 4.04. The van der Waals surface area contributed by atoms with Crippen LogP contribution in [-0.4, -0.2) is 43.2 Å². The molecule has 2 heterocycles. The van der Waals surface area contributed by atoms with Crippen LogP contribution in [0.25, 0.3) is 5.69 Å². The molecule has 1 aliphatic heterocycles. The lowest BCUT2D eigenvalue weighted by molar-refractivity contribution is -0.135. The van der Waals surface area contributed by atoms with Crippen molar-refractivity contribution in [1.82, 2.24) is 24.7 Å². The molecule has 1 aromatic heterocycles. The minimum absolute atomic E-state index is 0.0595. The van der Waals surface area contributed by atoms with E-state index in [1.54, 1.807) is 12.1 Å². The van der Waals surface area contributed by atoms with Crippen LogP contribution in [0, 0.1) is 0 Å². The molecular formula is C15H19N5O2. The molecule has 116 valence electrons. The number of tetrazole rings is 1. The van der Waals surface area contributed by atoms with E-state index < -0.39 is 5.69 Å². The van der Waals surface area contributed by atoms with Gasteiger partial charge in [0.05, 0.1) is 5.69 Å². The highest BCUT2D eigenvalue weighted by atomic mass is 16.2. The van der Waals surface area contributed by atoms with Gasteiger partial charge in [0.15, 0.2) is 0 Å². The van der Waals surface area contributed by atoms with Gasteiger partial charge in [-0.25, -0.2) is 4.79 Å². The number of piperidine rings is 1. The normalized spacial score (nSPS) is 18.4. The Morgan fingerprint density at radius 1 is 1.23 bits per heavy atom. The van der Waals surface area contributed by atoms with Crippen molar-refractivity contribution < 1.29 is 4.79 Å². The molecule has 0 spiro atoms. The average molecular weight is 301 g/mol. The van der Waals surface area contributed by atoms with E-state index in [4.69, 9.17) is 0 Å². The fourth-order valence-corrected chi connectivity index (χ4v) is 2.79. The minimum Gasteiger partial charge on any atom is -0.338 e. The van der Waals surface area contributed by atoms with Crippen molar-refractivity contribution >= 4 is 5.91 Å². The van der Waals surface area contributed by atoms with E-state index in [-0.39, 0.29) is 18.5 Å². The molecule has 1 aromatic carbocycles. The summed E-state index contributed by atoms with van der Waals surface area (Å²) in [5.74, 6) is -0.0746. The maximum atomic E-state index is 12.4. The zero-order valence-electron chi connectivity index (χ0n) is 12.6. The standard InChI is InChI=1S/C15H19N5O2/c1-12-7-5-6-10-18(12)14(21)11-19-15(22)20(17-16-19)13-8-3-2-4-9-13/h2-4,8-9,12H,5-7,10-11H2,1H3/t12-/m0/s1. The first-order valence-electron chi connectivity index (χ1n) is 7.54. The minimum atomic E-state index is -0.399. The second-order valence-corrected chi connectivity index (χ2v) is 5.60. The molecule has 0 unspecified atom stereocenters. The van der Waals surface area contributed by atoms with Crippen LogP contribution in [0.3, 0.4) is 0 Å². The number of hydrogen-bond donors (Lipinski definition) is 0. The number of hydrogen-bond acceptors (Lipinski definition) is 4. The average Bonchev–Trinajstić information content (AvgIpc) is 2.89. The highest BCUT2D eigenvalue weighted by Gasteiger charge is 2.24. The quantitative estimate of drug-likeness (QED) is 0.841. The summed E-state index contributed by atoms with van der Waals surface area (Å²) in [5, 5.41) is 7.67. The van der Waals surface area contributed by atoms with Crippen LogP contribution >= 0.6 is 0 Å². The molecule has 0 saturated carbocycles. The van der Waals surface area contributed by atoms with Crippen LogP contribution in [-0.2, 0) is 11.3 Å². The lowest BCUT2D eigenvalue weighted by atomic mass is 10.0. The summed E-state index contributed by atoms with van der Waals surface area (Å²) in [6, 6.07) is 9.27. The highest BCUT2D eigenvalue weighted by molar-refractivity contribution is 5.76. The number of para-hydroxylation sites is 1. The summed E-state index contributed by atoms with van der Waals surface area (Å²) < 4.78 is 2.32. The topological polar surface area (TPSA) is 73.0 Å². The number of carbonyl (C=O) groups excluding carboxylic acids is 1. The zero-order chi connectivity index (χ0) is 15.5. The van der Waals surface area contributed by atoms with Gasteiger partial charge < -0.3 is 4.90 Å². The molecule has 1 atom stereocenters. The molecule has 1 aliphatic rings. The molecule has 7 nitrogen and oxygen atoms in total. The van der Waals surface area contributed by atoms with Gasteiger partial charge in [-0.05, 0) is 48.7 Å². The van der Waals surface area contributed by atoms with Gasteiger partial charge in [-0.3, -0.25) is 4.79 Å². The highest BCUT2D eigenvalue weighted by Crippen LogP contribution is 2.16. The van der Waals surface area contributed by atoms with Gasteiger partial charge >= 0.3 is 5.69 Å². The number of nitrogens with zero attached hydrogens (tertiary/aromatic N) is 5. The molecule has 2 aromatic rings. The zero-order valence-corrected chi connectivity index (χ0v) is 12.6. The van der Waals surface area contributed by atoms with E-state index in [2.05, 4.69) is 10.4 Å². The van der Waals surface area contributed by atoms with Gasteiger partial charge in [-0.1, -0.05) is 18.2 Å². The van der Waals surface area contributed by atoms with Crippen molar-refractivity contribution in [3.8, 4) is 5.69 Å². The first kappa shape index (κ1) is 14.5. The number of likely N-dealkylation sites (tertiary alicyclic amines) is 1. The number of aromatic nitrogens is 4. The Morgan fingerprint density at radius 2 is 2.00 bits per heavy atom. The van der Waals surface area contributed by atoms with Gasteiger partial charge in [0.25, 0.3) is 0 Å². The molecular weight excluding hydrogens is 282 g/mol. The van der Waals surface area contributed by atoms with Gasteiger partial charge in [-0.15, -0.1) is 0 Å². The second-order valence-electron chi connectivity index (χ2n) is 5.60. The Hall–Kier alpha value is -2.44. The predicted octanol–water partition coefficient (Wildman–Crippen LogP) is 0.830. The van der Waals surface area contributed by atoms with Crippen molar-refractivity contribution in [3.63, 3.8) is 0 Å². The Balaban J connectivity index is 1.78. The van der Waals surface area contributed by atoms with Crippen molar-refractivity contribution in [2.75, 3.05) is 6.54 Å². The third kappa shape index (κ3) is 2.79. The molecule has 7 heteroatoms. The fraction of sp³-hybridized carbons (Fsp3) is 0.467. The fourth-order valence-electron chi connectivity index (χ4n) is 2.79. The Morgan fingerprint density at radius 3 is 2.73 bits per heavy atom. The van der Waals surface area contributed by atoms with Crippen LogP contribution in [0.1, 0.15) is 26.2 Å². The molecule has 0 aliphatic carbocycles. The van der Waals surface area contributed by atoms with Crippen LogP contribution in [0.4, 0.5) is 0 Å². The molecule has 0 radical (unpaired) electrons. The SMILES string of the molecule is C[C@H]1CCCCN1C(=O)Cn1nnn(-c2ccccc2)c1=O. The number of benzene rings is 1. The molecule has 0 bridgehead atoms. The summed E-state index contributed by atoms with van der Waals surface area (Å²) in [7, 11) is 0. The summed E-state index contributed by atoms with van der Waals surface area (Å²) in [4.78, 5) is 26.5. The van der Waals surface area contributed by atoms with Crippen molar-refractivity contribution in [3.05, 3.63) is 40.8 Å². The van der Waals surface area contributed by atoms with E-state index in [0.29, 0.717) is 5.69 Å². The van der Waals surface area contributed by atoms with Gasteiger partial charge in [0.1, 0.15) is 6.54 Å². The van der Waals surface area contributed by atoms with Crippen LogP contribution < -0.4 is 5.69 Å². The Bertz CT molecular complexity index is 706. The maximum absolute atomic E-state index is 12.4. The first-order chi connectivity index (χ1) is 10.7. The molecule has 1 amide bonds. The maximum Gasteiger partial charge on any atom is 0.368 e. The molecule has 1 fully saturated rings. The van der Waals surface area contributed by atoms with Gasteiger partial charge in [-0.2, -0.15) is 9.36 Å². The van der Waals surface area contributed by atoms with Crippen molar-refractivity contribution in [2.45, 2.75) is 38.8 Å². The van der Waals surface area contributed by atoms with Crippen LogP contribution in [0.5, 0.6) is 0 Å². The second kappa shape index (κ2) is 6.13. The molecule has 1 saturated heterocycles. The summed E-state index contributed by atoms with van der Waals surface area (Å²) >= 11 is 0. The van der Waals surface area contributed by atoms with Gasteiger partial charge in [0.2, 0.25) is 5.91 Å². The van der Waals surface area contributed by atoms with E-state index in [9.17, 15) is 9.59 Å². The summed E-state index contributed by atoms with van der Waals surface area (Å²) in [5.41, 5.74) is 0.238. The number of amides is 1. The molecule has 3 rings (SSSR count). The van der Waals surface area contributed by atoms with E-state index in [1.165, 1.54) is 4.68 Å². The summed E-state index contributed by atoms with van der Waals surface area (Å²) in [6.07, 6.45) is 3.17. The largest absolute Gasteiger partial charge is 0.368 e. The van der Waals surface area contributed by atoms with E-state index in [0.717, 1.165) is 30.5 Å².